The lowest BCUT2D eigenvalue weighted by molar-refractivity contribution is -0.121. The van der Waals surface area contributed by atoms with Crippen LogP contribution in [0.2, 0.25) is 0 Å². The van der Waals surface area contributed by atoms with E-state index in [0.29, 0.717) is 5.69 Å². The van der Waals surface area contributed by atoms with Crippen LogP contribution in [-0.2, 0) is 11.3 Å². The zero-order chi connectivity index (χ0) is 11.7. The van der Waals surface area contributed by atoms with E-state index in [4.69, 9.17) is 5.11 Å². The number of carboxylic acid groups (broad SMARTS) is 1. The summed E-state index contributed by atoms with van der Waals surface area (Å²) in [7, 11) is 1.52. The molecule has 2 rings (SSSR count). The van der Waals surface area contributed by atoms with E-state index >= 15 is 0 Å². The molecule has 16 heavy (non-hydrogen) atoms. The number of hydrogen-bond donors (Lipinski definition) is 2. The number of amides is 1. The zero-order valence-electron chi connectivity index (χ0n) is 8.80. The fourth-order valence-corrected chi connectivity index (χ4v) is 1.57. The summed E-state index contributed by atoms with van der Waals surface area (Å²) in [5, 5.41) is 18.7. The molecule has 1 aliphatic rings. The Balaban J connectivity index is 2.30. The molecule has 0 atom stereocenters. The number of carbonyl (C=O) groups excluding carboxylic acids is 1. The van der Waals surface area contributed by atoms with Crippen molar-refractivity contribution in [2.75, 3.05) is 7.05 Å². The van der Waals surface area contributed by atoms with Crippen LogP contribution in [0.4, 0.5) is 0 Å². The minimum Gasteiger partial charge on any atom is -0.476 e. The first-order chi connectivity index (χ1) is 7.63. The third-order valence-corrected chi connectivity index (χ3v) is 2.51. The van der Waals surface area contributed by atoms with Crippen molar-refractivity contribution in [2.24, 2.45) is 0 Å². The molecular weight excluding hydrogens is 212 g/mol. The Hall–Kier alpha value is -1.92. The van der Waals surface area contributed by atoms with Crippen LogP contribution in [0.3, 0.4) is 0 Å². The number of aromatic carboxylic acids is 1. The number of nitrogens with zero attached hydrogens (tertiary/aromatic N) is 3. The Bertz CT molecular complexity index is 436. The van der Waals surface area contributed by atoms with Gasteiger partial charge in [-0.1, -0.05) is 5.21 Å². The Labute approximate surface area is 91.4 Å². The third kappa shape index (κ3) is 1.88. The monoisotopic (exact) mass is 224 g/mol. The quantitative estimate of drug-likeness (QED) is 0.725. The third-order valence-electron chi connectivity index (χ3n) is 2.51. The van der Waals surface area contributed by atoms with Crippen LogP contribution in [0.15, 0.2) is 0 Å². The average Bonchev–Trinajstić information content (AvgIpc) is 3.00. The highest BCUT2D eigenvalue weighted by atomic mass is 16.4. The lowest BCUT2D eigenvalue weighted by Gasteiger charge is -2.04. The van der Waals surface area contributed by atoms with Crippen molar-refractivity contribution in [2.45, 2.75) is 25.3 Å². The van der Waals surface area contributed by atoms with Gasteiger partial charge in [0.15, 0.2) is 5.69 Å². The Kier molecular flexibility index (Phi) is 2.59. The van der Waals surface area contributed by atoms with E-state index in [9.17, 15) is 9.59 Å². The molecule has 1 heterocycles. The van der Waals surface area contributed by atoms with Crippen molar-refractivity contribution < 1.29 is 14.7 Å². The van der Waals surface area contributed by atoms with Crippen molar-refractivity contribution in [3.8, 4) is 0 Å². The largest absolute Gasteiger partial charge is 0.476 e. The highest BCUT2D eigenvalue weighted by molar-refractivity contribution is 5.87. The maximum atomic E-state index is 11.2. The maximum absolute atomic E-state index is 11.2. The number of rotatable bonds is 4. The highest BCUT2D eigenvalue weighted by Gasteiger charge is 2.34. The molecule has 0 aromatic carbocycles. The first-order valence-electron chi connectivity index (χ1n) is 5.00. The molecule has 1 fully saturated rings. The van der Waals surface area contributed by atoms with E-state index in [1.807, 2.05) is 0 Å². The van der Waals surface area contributed by atoms with Gasteiger partial charge >= 0.3 is 5.97 Å². The number of carboxylic acids is 1. The van der Waals surface area contributed by atoms with Crippen molar-refractivity contribution in [1.82, 2.24) is 20.3 Å². The van der Waals surface area contributed by atoms with Gasteiger partial charge in [-0.25, -0.2) is 9.48 Å². The van der Waals surface area contributed by atoms with Gasteiger partial charge in [-0.3, -0.25) is 4.79 Å². The van der Waals surface area contributed by atoms with Gasteiger partial charge in [0.25, 0.3) is 0 Å². The van der Waals surface area contributed by atoms with Gasteiger partial charge in [0, 0.05) is 13.0 Å². The van der Waals surface area contributed by atoms with Crippen molar-refractivity contribution in [3.05, 3.63) is 11.4 Å². The normalized spacial score (nSPS) is 14.8. The highest BCUT2D eigenvalue weighted by Crippen LogP contribution is 2.41. The number of likely N-dealkylation sites (N-methyl/N-ethyl adjacent to an activating group) is 1. The molecule has 7 heteroatoms. The van der Waals surface area contributed by atoms with Crippen LogP contribution in [-0.4, -0.2) is 39.0 Å². The molecule has 0 aliphatic heterocycles. The van der Waals surface area contributed by atoms with Crippen LogP contribution >= 0.6 is 0 Å². The lowest BCUT2D eigenvalue weighted by Crippen LogP contribution is -2.25. The predicted molar refractivity (Wildman–Crippen MR) is 53.0 cm³/mol. The first kappa shape index (κ1) is 10.6. The molecule has 0 saturated heterocycles. The minimum absolute atomic E-state index is 0.0165. The summed E-state index contributed by atoms with van der Waals surface area (Å²) in [4.78, 5) is 22.1. The summed E-state index contributed by atoms with van der Waals surface area (Å²) in [6, 6.07) is 0. The summed E-state index contributed by atoms with van der Waals surface area (Å²) in [6.45, 7) is 0.0165. The predicted octanol–water partition coefficient (Wildman–Crippen LogP) is -0.400. The molecule has 1 aliphatic carbocycles. The Morgan fingerprint density at radius 2 is 2.25 bits per heavy atom. The fraction of sp³-hybridized carbons (Fsp3) is 0.556. The molecule has 0 bridgehead atoms. The first-order valence-corrected chi connectivity index (χ1v) is 5.00. The summed E-state index contributed by atoms with van der Waals surface area (Å²) in [5.74, 6) is -1.13. The topological polar surface area (TPSA) is 97.1 Å². The molecule has 0 radical (unpaired) electrons. The van der Waals surface area contributed by atoms with Crippen LogP contribution < -0.4 is 5.32 Å². The van der Waals surface area contributed by atoms with E-state index in [1.54, 1.807) is 0 Å². The maximum Gasteiger partial charge on any atom is 0.358 e. The molecule has 1 saturated carbocycles. The summed E-state index contributed by atoms with van der Waals surface area (Å²) in [5.41, 5.74) is 0.530. The Morgan fingerprint density at radius 3 is 2.75 bits per heavy atom. The minimum atomic E-state index is -1.09. The van der Waals surface area contributed by atoms with Gasteiger partial charge < -0.3 is 10.4 Å². The summed E-state index contributed by atoms with van der Waals surface area (Å²) in [6.07, 6.45) is 1.86. The number of carbonyl (C=O) groups is 2. The molecule has 7 nitrogen and oxygen atoms in total. The van der Waals surface area contributed by atoms with Gasteiger partial charge in [0.2, 0.25) is 5.91 Å². The van der Waals surface area contributed by atoms with Crippen molar-refractivity contribution >= 4 is 11.9 Å². The second kappa shape index (κ2) is 3.92. The Morgan fingerprint density at radius 1 is 1.56 bits per heavy atom. The second-order valence-corrected chi connectivity index (χ2v) is 3.73. The lowest BCUT2D eigenvalue weighted by atomic mass is 10.2. The summed E-state index contributed by atoms with van der Waals surface area (Å²) < 4.78 is 1.37. The molecule has 86 valence electrons. The van der Waals surface area contributed by atoms with Crippen LogP contribution in [0.1, 0.15) is 34.9 Å². The number of aromatic nitrogens is 3. The van der Waals surface area contributed by atoms with Gasteiger partial charge in [-0.15, -0.1) is 5.10 Å². The van der Waals surface area contributed by atoms with E-state index in [1.165, 1.54) is 11.7 Å². The van der Waals surface area contributed by atoms with Gasteiger partial charge in [0.1, 0.15) is 6.54 Å². The molecule has 1 aromatic heterocycles. The van der Waals surface area contributed by atoms with E-state index in [0.717, 1.165) is 12.8 Å². The second-order valence-electron chi connectivity index (χ2n) is 3.73. The zero-order valence-corrected chi connectivity index (χ0v) is 8.80. The van der Waals surface area contributed by atoms with Crippen LogP contribution in [0.5, 0.6) is 0 Å². The smallest absolute Gasteiger partial charge is 0.358 e. The summed E-state index contributed by atoms with van der Waals surface area (Å²) >= 11 is 0. The van der Waals surface area contributed by atoms with Gasteiger partial charge in [-0.2, -0.15) is 0 Å². The van der Waals surface area contributed by atoms with E-state index < -0.39 is 5.97 Å². The molecular formula is C9H12N4O3. The fourth-order valence-electron chi connectivity index (χ4n) is 1.57. The molecule has 0 unspecified atom stereocenters. The molecule has 2 N–H and O–H groups in total. The SMILES string of the molecule is CNC(=O)Cn1nnc(C(=O)O)c1C1CC1. The van der Waals surface area contributed by atoms with E-state index in [-0.39, 0.29) is 24.1 Å². The van der Waals surface area contributed by atoms with Crippen LogP contribution in [0, 0.1) is 0 Å². The number of nitrogens with one attached hydrogen (secondary N) is 1. The average molecular weight is 224 g/mol. The van der Waals surface area contributed by atoms with Crippen molar-refractivity contribution in [3.63, 3.8) is 0 Å². The molecule has 0 spiro atoms. The van der Waals surface area contributed by atoms with Crippen molar-refractivity contribution in [1.29, 1.82) is 0 Å². The number of hydrogen-bond acceptors (Lipinski definition) is 4. The molecule has 1 aromatic rings. The van der Waals surface area contributed by atoms with Gasteiger partial charge in [0.05, 0.1) is 5.69 Å². The van der Waals surface area contributed by atoms with Gasteiger partial charge in [-0.05, 0) is 12.8 Å². The van der Waals surface area contributed by atoms with Crippen LogP contribution in [0.25, 0.3) is 0 Å². The molecule has 1 amide bonds. The van der Waals surface area contributed by atoms with E-state index in [2.05, 4.69) is 15.6 Å². The standard InChI is InChI=1S/C9H12N4O3/c1-10-6(14)4-13-8(5-2-3-5)7(9(15)16)11-12-13/h5H,2-4H2,1H3,(H,10,14)(H,15,16).